The molecule has 130 valence electrons. The lowest BCUT2D eigenvalue weighted by atomic mass is 9.99. The molecular weight excluding hydrogens is 340 g/mol. The molecule has 0 unspecified atom stereocenters. The number of nitrogens with zero attached hydrogens (tertiary/aromatic N) is 1. The highest BCUT2D eigenvalue weighted by atomic mass is 32.1. The Morgan fingerprint density at radius 3 is 2.27 bits per heavy atom. The summed E-state index contributed by atoms with van der Waals surface area (Å²) in [5.41, 5.74) is 6.57. The monoisotopic (exact) mass is 360 g/mol. The SMILES string of the molecule is Cc1ccc(-c2nc3sc(C)c(-c4ccc(C)c(C)c4)c3c(=O)[nH]2)cc1. The number of nitrogens with one attached hydrogen (secondary N) is 1. The third-order valence-electron chi connectivity index (χ3n) is 4.86. The summed E-state index contributed by atoms with van der Waals surface area (Å²) in [7, 11) is 0. The molecule has 2 aromatic heterocycles. The molecule has 4 heteroatoms. The Bertz CT molecular complexity index is 1180. The first-order chi connectivity index (χ1) is 12.4. The van der Waals surface area contributed by atoms with Crippen LogP contribution in [-0.4, -0.2) is 9.97 Å². The first kappa shape index (κ1) is 16.7. The van der Waals surface area contributed by atoms with Gasteiger partial charge in [0, 0.05) is 16.0 Å². The van der Waals surface area contributed by atoms with Crippen molar-refractivity contribution in [2.24, 2.45) is 0 Å². The van der Waals surface area contributed by atoms with Crippen LogP contribution in [0.15, 0.2) is 47.3 Å². The van der Waals surface area contributed by atoms with Crippen LogP contribution in [0.2, 0.25) is 0 Å². The second kappa shape index (κ2) is 6.22. The van der Waals surface area contributed by atoms with Crippen LogP contribution in [0.5, 0.6) is 0 Å². The first-order valence-electron chi connectivity index (χ1n) is 8.62. The molecule has 0 amide bonds. The van der Waals surface area contributed by atoms with Crippen molar-refractivity contribution in [3.8, 4) is 22.5 Å². The fourth-order valence-corrected chi connectivity index (χ4v) is 4.26. The van der Waals surface area contributed by atoms with E-state index in [4.69, 9.17) is 4.98 Å². The van der Waals surface area contributed by atoms with E-state index in [0.717, 1.165) is 26.4 Å². The maximum atomic E-state index is 12.9. The predicted octanol–water partition coefficient (Wildman–Crippen LogP) is 5.55. The van der Waals surface area contributed by atoms with Crippen molar-refractivity contribution in [2.75, 3.05) is 0 Å². The number of aryl methyl sites for hydroxylation is 4. The molecule has 0 spiro atoms. The molecular formula is C22H20N2OS. The number of aromatic nitrogens is 2. The van der Waals surface area contributed by atoms with Gasteiger partial charge >= 0.3 is 0 Å². The van der Waals surface area contributed by atoms with Gasteiger partial charge in [0.15, 0.2) is 0 Å². The highest BCUT2D eigenvalue weighted by molar-refractivity contribution is 7.19. The molecule has 0 saturated heterocycles. The van der Waals surface area contributed by atoms with Crippen LogP contribution in [0.4, 0.5) is 0 Å². The highest BCUT2D eigenvalue weighted by Gasteiger charge is 2.17. The summed E-state index contributed by atoms with van der Waals surface area (Å²) in [5, 5.41) is 0.687. The van der Waals surface area contributed by atoms with Crippen molar-refractivity contribution >= 4 is 21.6 Å². The molecule has 26 heavy (non-hydrogen) atoms. The zero-order chi connectivity index (χ0) is 18.4. The Kier molecular flexibility index (Phi) is 4.00. The summed E-state index contributed by atoms with van der Waals surface area (Å²) in [6.07, 6.45) is 0. The van der Waals surface area contributed by atoms with Crippen molar-refractivity contribution in [3.63, 3.8) is 0 Å². The molecule has 0 fully saturated rings. The number of benzene rings is 2. The second-order valence-electron chi connectivity index (χ2n) is 6.79. The van der Waals surface area contributed by atoms with E-state index in [0.29, 0.717) is 11.2 Å². The standard InChI is InChI=1S/C22H20N2OS/c1-12-5-8-16(9-6-12)20-23-21(25)19-18(15(4)26-22(19)24-20)17-10-7-13(2)14(3)11-17/h5-11H,1-4H3,(H,23,24,25). The van der Waals surface area contributed by atoms with Crippen molar-refractivity contribution in [3.05, 3.63) is 74.4 Å². The fraction of sp³-hybridized carbons (Fsp3) is 0.182. The summed E-state index contributed by atoms with van der Waals surface area (Å²) < 4.78 is 0. The number of rotatable bonds is 2. The smallest absolute Gasteiger partial charge is 0.260 e. The zero-order valence-electron chi connectivity index (χ0n) is 15.3. The van der Waals surface area contributed by atoms with Crippen LogP contribution in [-0.2, 0) is 0 Å². The maximum absolute atomic E-state index is 12.9. The molecule has 2 aromatic carbocycles. The van der Waals surface area contributed by atoms with Gasteiger partial charge in [-0.1, -0.05) is 48.0 Å². The van der Waals surface area contributed by atoms with E-state index in [-0.39, 0.29) is 5.56 Å². The van der Waals surface area contributed by atoms with E-state index in [2.05, 4.69) is 44.0 Å². The summed E-state index contributed by atoms with van der Waals surface area (Å²) in [4.78, 5) is 22.5. The van der Waals surface area contributed by atoms with Crippen LogP contribution in [0.3, 0.4) is 0 Å². The molecule has 0 radical (unpaired) electrons. The van der Waals surface area contributed by atoms with Gasteiger partial charge in [-0.3, -0.25) is 4.79 Å². The van der Waals surface area contributed by atoms with Crippen LogP contribution >= 0.6 is 11.3 Å². The normalized spacial score (nSPS) is 11.2. The minimum absolute atomic E-state index is 0.0804. The Balaban J connectivity index is 1.94. The van der Waals surface area contributed by atoms with Gasteiger partial charge in [0.05, 0.1) is 5.39 Å². The van der Waals surface area contributed by atoms with E-state index in [1.54, 1.807) is 11.3 Å². The van der Waals surface area contributed by atoms with Gasteiger partial charge in [-0.25, -0.2) is 4.98 Å². The first-order valence-corrected chi connectivity index (χ1v) is 9.44. The van der Waals surface area contributed by atoms with Gasteiger partial charge < -0.3 is 4.98 Å². The van der Waals surface area contributed by atoms with Gasteiger partial charge in [-0.05, 0) is 44.4 Å². The number of hydrogen-bond donors (Lipinski definition) is 1. The van der Waals surface area contributed by atoms with E-state index < -0.39 is 0 Å². The van der Waals surface area contributed by atoms with E-state index >= 15 is 0 Å². The van der Waals surface area contributed by atoms with Crippen LogP contribution in [0.1, 0.15) is 21.6 Å². The van der Waals surface area contributed by atoms with Crippen LogP contribution < -0.4 is 5.56 Å². The van der Waals surface area contributed by atoms with Crippen molar-refractivity contribution in [1.29, 1.82) is 0 Å². The lowest BCUT2D eigenvalue weighted by Crippen LogP contribution is -2.09. The minimum Gasteiger partial charge on any atom is -0.306 e. The molecule has 0 aliphatic carbocycles. The van der Waals surface area contributed by atoms with Gasteiger partial charge in [-0.15, -0.1) is 11.3 Å². The van der Waals surface area contributed by atoms with Crippen molar-refractivity contribution in [2.45, 2.75) is 27.7 Å². The summed E-state index contributed by atoms with van der Waals surface area (Å²) in [6.45, 7) is 8.30. The molecule has 0 aliphatic heterocycles. The van der Waals surface area contributed by atoms with Gasteiger partial charge in [0.2, 0.25) is 0 Å². The highest BCUT2D eigenvalue weighted by Crippen LogP contribution is 2.36. The van der Waals surface area contributed by atoms with E-state index in [1.165, 1.54) is 16.7 Å². The van der Waals surface area contributed by atoms with Gasteiger partial charge in [0.25, 0.3) is 5.56 Å². The second-order valence-corrected chi connectivity index (χ2v) is 8.00. The average Bonchev–Trinajstić information content (AvgIpc) is 2.94. The number of H-pyrrole nitrogens is 1. The van der Waals surface area contributed by atoms with Gasteiger partial charge in [0.1, 0.15) is 10.7 Å². The number of fused-ring (bicyclic) bond motifs is 1. The van der Waals surface area contributed by atoms with Crippen LogP contribution in [0, 0.1) is 27.7 Å². The van der Waals surface area contributed by atoms with E-state index in [9.17, 15) is 4.79 Å². The Labute approximate surface area is 156 Å². The molecule has 1 N–H and O–H groups in total. The van der Waals surface area contributed by atoms with Crippen LogP contribution in [0.25, 0.3) is 32.7 Å². The molecule has 0 bridgehead atoms. The topological polar surface area (TPSA) is 45.8 Å². The average molecular weight is 360 g/mol. The fourth-order valence-electron chi connectivity index (χ4n) is 3.21. The molecule has 3 nitrogen and oxygen atoms in total. The van der Waals surface area contributed by atoms with Crippen molar-refractivity contribution < 1.29 is 0 Å². The Morgan fingerprint density at radius 1 is 0.885 bits per heavy atom. The molecule has 0 aliphatic rings. The third-order valence-corrected chi connectivity index (χ3v) is 5.86. The molecule has 2 heterocycles. The molecule has 4 aromatic rings. The lowest BCUT2D eigenvalue weighted by molar-refractivity contribution is 1.19. The number of aromatic amines is 1. The Hall–Kier alpha value is -2.72. The largest absolute Gasteiger partial charge is 0.306 e. The summed E-state index contributed by atoms with van der Waals surface area (Å²) in [5.74, 6) is 0.621. The predicted molar refractivity (Wildman–Crippen MR) is 110 cm³/mol. The molecule has 4 rings (SSSR count). The molecule has 0 atom stereocenters. The zero-order valence-corrected chi connectivity index (χ0v) is 16.1. The molecule has 0 saturated carbocycles. The van der Waals surface area contributed by atoms with E-state index in [1.807, 2.05) is 31.2 Å². The maximum Gasteiger partial charge on any atom is 0.260 e. The third kappa shape index (κ3) is 2.76. The van der Waals surface area contributed by atoms with Gasteiger partial charge in [-0.2, -0.15) is 0 Å². The van der Waals surface area contributed by atoms with Crippen molar-refractivity contribution in [1.82, 2.24) is 9.97 Å². The number of hydrogen-bond acceptors (Lipinski definition) is 3. The lowest BCUT2D eigenvalue weighted by Gasteiger charge is -2.06. The number of thiophene rings is 1. The minimum atomic E-state index is -0.0804. The summed E-state index contributed by atoms with van der Waals surface area (Å²) in [6, 6.07) is 14.4. The Morgan fingerprint density at radius 2 is 1.58 bits per heavy atom. The summed E-state index contributed by atoms with van der Waals surface area (Å²) >= 11 is 1.58. The quantitative estimate of drug-likeness (QED) is 0.509.